The highest BCUT2D eigenvalue weighted by molar-refractivity contribution is 6.10. The van der Waals surface area contributed by atoms with Crippen molar-refractivity contribution in [1.82, 2.24) is 5.48 Å². The SMILES string of the molecule is NC1=NCCC(C2=CC3=C(c4cccc(N5CCCC5CO)c4)ONC3C=C2)=N1. The van der Waals surface area contributed by atoms with Gasteiger partial charge in [0.15, 0.2) is 5.76 Å². The molecular formula is C22H25N5O2. The van der Waals surface area contributed by atoms with Gasteiger partial charge in [-0.3, -0.25) is 4.99 Å². The van der Waals surface area contributed by atoms with Gasteiger partial charge in [0, 0.05) is 36.3 Å². The number of nitrogens with zero attached hydrogens (tertiary/aromatic N) is 3. The first-order chi connectivity index (χ1) is 14.2. The number of hydrogen-bond donors (Lipinski definition) is 3. The molecule has 0 amide bonds. The number of aliphatic imine (C=N–C) groups is 2. The maximum absolute atomic E-state index is 9.68. The van der Waals surface area contributed by atoms with Gasteiger partial charge in [0.2, 0.25) is 5.96 Å². The lowest BCUT2D eigenvalue weighted by atomic mass is 9.92. The molecular weight excluding hydrogens is 366 g/mol. The minimum absolute atomic E-state index is 0.0181. The number of anilines is 1. The summed E-state index contributed by atoms with van der Waals surface area (Å²) in [5.41, 5.74) is 14.1. The van der Waals surface area contributed by atoms with Crippen LogP contribution < -0.4 is 16.1 Å². The second kappa shape index (κ2) is 7.50. The quantitative estimate of drug-likeness (QED) is 0.729. The molecule has 1 fully saturated rings. The van der Waals surface area contributed by atoms with E-state index in [0.717, 1.165) is 59.7 Å². The highest BCUT2D eigenvalue weighted by Crippen LogP contribution is 2.35. The average molecular weight is 391 g/mol. The summed E-state index contributed by atoms with van der Waals surface area (Å²) in [5, 5.41) is 9.68. The summed E-state index contributed by atoms with van der Waals surface area (Å²) in [6, 6.07) is 8.57. The topological polar surface area (TPSA) is 95.5 Å². The van der Waals surface area contributed by atoms with E-state index in [1.165, 1.54) is 0 Å². The van der Waals surface area contributed by atoms with Crippen molar-refractivity contribution >= 4 is 23.1 Å². The smallest absolute Gasteiger partial charge is 0.215 e. The van der Waals surface area contributed by atoms with Crippen LogP contribution in [0.4, 0.5) is 5.69 Å². The summed E-state index contributed by atoms with van der Waals surface area (Å²) < 4.78 is 0. The Kier molecular flexibility index (Phi) is 4.69. The summed E-state index contributed by atoms with van der Waals surface area (Å²) in [6.07, 6.45) is 9.21. The first kappa shape index (κ1) is 18.1. The highest BCUT2D eigenvalue weighted by atomic mass is 16.7. The van der Waals surface area contributed by atoms with Crippen LogP contribution in [0.25, 0.3) is 5.76 Å². The zero-order valence-electron chi connectivity index (χ0n) is 16.2. The van der Waals surface area contributed by atoms with E-state index in [1.54, 1.807) is 0 Å². The third-order valence-corrected chi connectivity index (χ3v) is 5.90. The minimum Gasteiger partial charge on any atom is -0.407 e. The monoisotopic (exact) mass is 391 g/mol. The van der Waals surface area contributed by atoms with Crippen LogP contribution in [0.15, 0.2) is 63.6 Å². The van der Waals surface area contributed by atoms with Crippen molar-refractivity contribution < 1.29 is 9.94 Å². The van der Waals surface area contributed by atoms with E-state index in [0.29, 0.717) is 12.5 Å². The van der Waals surface area contributed by atoms with E-state index in [9.17, 15) is 5.11 Å². The molecule has 5 rings (SSSR count). The molecule has 29 heavy (non-hydrogen) atoms. The van der Waals surface area contributed by atoms with Crippen molar-refractivity contribution in [3.05, 3.63) is 59.2 Å². The molecule has 2 atom stereocenters. The van der Waals surface area contributed by atoms with Crippen molar-refractivity contribution in [2.24, 2.45) is 15.7 Å². The standard InChI is InChI=1S/C22H25N5O2/c23-22-24-9-8-19(25-22)14-6-7-20-18(12-14)21(29-26-20)15-3-1-4-16(11-15)27-10-2-5-17(27)13-28/h1,3-4,6-7,11-12,17,20,26,28H,2,5,8-10,13H2,(H2,23,24). The van der Waals surface area contributed by atoms with Gasteiger partial charge in [0.25, 0.3) is 0 Å². The zero-order valence-corrected chi connectivity index (χ0v) is 16.2. The molecule has 0 radical (unpaired) electrons. The third kappa shape index (κ3) is 3.36. The fourth-order valence-electron chi connectivity index (χ4n) is 4.41. The van der Waals surface area contributed by atoms with Gasteiger partial charge in [-0.05, 0) is 36.6 Å². The Labute approximate surface area is 169 Å². The van der Waals surface area contributed by atoms with Gasteiger partial charge in [0.05, 0.1) is 24.4 Å². The Hall–Kier alpha value is -2.90. The lowest BCUT2D eigenvalue weighted by Crippen LogP contribution is -2.31. The second-order valence-electron chi connectivity index (χ2n) is 7.71. The number of fused-ring (bicyclic) bond motifs is 1. The number of hydrogen-bond acceptors (Lipinski definition) is 7. The molecule has 7 nitrogen and oxygen atoms in total. The number of nitrogens with one attached hydrogen (secondary N) is 1. The van der Waals surface area contributed by atoms with Crippen LogP contribution in [-0.2, 0) is 4.84 Å². The van der Waals surface area contributed by atoms with Crippen LogP contribution in [0, 0.1) is 0 Å². The van der Waals surface area contributed by atoms with Gasteiger partial charge in [-0.25, -0.2) is 4.99 Å². The van der Waals surface area contributed by atoms with Crippen molar-refractivity contribution in [2.75, 3.05) is 24.6 Å². The van der Waals surface area contributed by atoms with Gasteiger partial charge in [-0.1, -0.05) is 24.3 Å². The van der Waals surface area contributed by atoms with Crippen LogP contribution in [0.1, 0.15) is 24.8 Å². The fourth-order valence-corrected chi connectivity index (χ4v) is 4.41. The van der Waals surface area contributed by atoms with E-state index in [1.807, 2.05) is 6.07 Å². The molecule has 150 valence electrons. The Balaban J connectivity index is 1.50. The zero-order chi connectivity index (χ0) is 19.8. The Bertz CT molecular complexity index is 975. The Morgan fingerprint density at radius 1 is 1.34 bits per heavy atom. The molecule has 0 aromatic heterocycles. The molecule has 1 aromatic carbocycles. The molecule has 0 bridgehead atoms. The minimum atomic E-state index is 0.0181. The summed E-state index contributed by atoms with van der Waals surface area (Å²) in [7, 11) is 0. The van der Waals surface area contributed by atoms with Crippen LogP contribution in [0.5, 0.6) is 0 Å². The van der Waals surface area contributed by atoms with E-state index in [4.69, 9.17) is 10.6 Å². The molecule has 1 aliphatic carbocycles. The number of hydroxylamine groups is 1. The Morgan fingerprint density at radius 2 is 2.28 bits per heavy atom. The fraction of sp³-hybridized carbons (Fsp3) is 0.364. The second-order valence-corrected chi connectivity index (χ2v) is 7.71. The number of nitrogens with two attached hydrogens (primary N) is 1. The summed E-state index contributed by atoms with van der Waals surface area (Å²) in [6.45, 7) is 1.82. The van der Waals surface area contributed by atoms with Gasteiger partial charge in [-0.2, -0.15) is 0 Å². The highest BCUT2D eigenvalue weighted by Gasteiger charge is 2.30. The maximum Gasteiger partial charge on any atom is 0.215 e. The van der Waals surface area contributed by atoms with Crippen molar-refractivity contribution in [1.29, 1.82) is 0 Å². The molecule has 3 aliphatic heterocycles. The number of guanidine groups is 1. The molecule has 1 saturated heterocycles. The molecule has 4 aliphatic rings. The predicted octanol–water partition coefficient (Wildman–Crippen LogP) is 1.92. The maximum atomic E-state index is 9.68. The molecule has 0 saturated carbocycles. The largest absolute Gasteiger partial charge is 0.407 e. The number of aliphatic hydroxyl groups is 1. The molecule has 1 aromatic rings. The molecule has 2 unspecified atom stereocenters. The number of benzene rings is 1. The lowest BCUT2D eigenvalue weighted by Gasteiger charge is -2.25. The van der Waals surface area contributed by atoms with E-state index in [-0.39, 0.29) is 18.7 Å². The van der Waals surface area contributed by atoms with Crippen molar-refractivity contribution in [2.45, 2.75) is 31.3 Å². The molecule has 3 heterocycles. The van der Waals surface area contributed by atoms with Gasteiger partial charge in [-0.15, -0.1) is 5.48 Å². The summed E-state index contributed by atoms with van der Waals surface area (Å²) in [5.74, 6) is 1.17. The van der Waals surface area contributed by atoms with Crippen LogP contribution in [0.3, 0.4) is 0 Å². The van der Waals surface area contributed by atoms with Crippen molar-refractivity contribution in [3.8, 4) is 0 Å². The van der Waals surface area contributed by atoms with Gasteiger partial charge >= 0.3 is 0 Å². The Morgan fingerprint density at radius 3 is 3.14 bits per heavy atom. The van der Waals surface area contributed by atoms with E-state index >= 15 is 0 Å². The lowest BCUT2D eigenvalue weighted by molar-refractivity contribution is 0.173. The van der Waals surface area contributed by atoms with Crippen LogP contribution >= 0.6 is 0 Å². The van der Waals surface area contributed by atoms with Crippen LogP contribution in [0.2, 0.25) is 0 Å². The summed E-state index contributed by atoms with van der Waals surface area (Å²) in [4.78, 5) is 16.7. The number of rotatable bonds is 4. The van der Waals surface area contributed by atoms with E-state index < -0.39 is 0 Å². The molecule has 7 heteroatoms. The number of aliphatic hydroxyl groups excluding tert-OH is 1. The van der Waals surface area contributed by atoms with Gasteiger partial charge < -0.3 is 20.6 Å². The molecule has 4 N–H and O–H groups in total. The normalized spacial score (nSPS) is 26.1. The van der Waals surface area contributed by atoms with Gasteiger partial charge in [0.1, 0.15) is 0 Å². The third-order valence-electron chi connectivity index (χ3n) is 5.90. The first-order valence-electron chi connectivity index (χ1n) is 10.1. The average Bonchev–Trinajstić information content (AvgIpc) is 3.40. The number of allylic oxidation sites excluding steroid dienone is 2. The van der Waals surface area contributed by atoms with Crippen LogP contribution in [-0.4, -0.2) is 48.6 Å². The first-order valence-corrected chi connectivity index (χ1v) is 10.1. The van der Waals surface area contributed by atoms with Crippen molar-refractivity contribution in [3.63, 3.8) is 0 Å². The molecule has 0 spiro atoms. The summed E-state index contributed by atoms with van der Waals surface area (Å²) >= 11 is 0. The van der Waals surface area contributed by atoms with E-state index in [2.05, 4.69) is 56.8 Å². The predicted molar refractivity (Wildman–Crippen MR) is 115 cm³/mol.